The maximum Gasteiger partial charge on any atom is 0.259 e. The Morgan fingerprint density at radius 1 is 1.31 bits per heavy atom. The van der Waals surface area contributed by atoms with Crippen LogP contribution in [0.15, 0.2) is 36.5 Å². The summed E-state index contributed by atoms with van der Waals surface area (Å²) < 4.78 is 11.8. The lowest BCUT2D eigenvalue weighted by Crippen LogP contribution is -2.50. The molecule has 4 rings (SSSR count). The van der Waals surface area contributed by atoms with Gasteiger partial charge >= 0.3 is 0 Å². The van der Waals surface area contributed by atoms with E-state index in [9.17, 15) is 14.7 Å². The van der Waals surface area contributed by atoms with Crippen molar-refractivity contribution in [3.05, 3.63) is 42.1 Å². The first kappa shape index (κ1) is 25.0. The first-order chi connectivity index (χ1) is 16.8. The molecule has 8 nitrogen and oxygen atoms in total. The van der Waals surface area contributed by atoms with Crippen molar-refractivity contribution in [1.82, 2.24) is 14.8 Å². The minimum absolute atomic E-state index is 0.0760. The molecule has 0 spiro atoms. The maximum absolute atomic E-state index is 13.6. The number of benzene rings is 1. The second-order valence-corrected chi connectivity index (χ2v) is 9.82. The number of likely N-dealkylation sites (N-methyl/N-ethyl adjacent to an activating group) is 1. The molecule has 2 aliphatic rings. The van der Waals surface area contributed by atoms with Crippen molar-refractivity contribution < 1.29 is 24.2 Å². The number of nitrogens with zero attached hydrogens (tertiary/aromatic N) is 3. The van der Waals surface area contributed by atoms with E-state index in [1.54, 1.807) is 36.2 Å². The number of carbonyl (C=O) groups excluding carboxylic acids is 2. The van der Waals surface area contributed by atoms with Gasteiger partial charge in [-0.1, -0.05) is 25.1 Å². The third-order valence-electron chi connectivity index (χ3n) is 6.98. The predicted octanol–water partition coefficient (Wildman–Crippen LogP) is 3.24. The molecule has 1 aliphatic carbocycles. The second kappa shape index (κ2) is 10.6. The van der Waals surface area contributed by atoms with E-state index < -0.39 is 0 Å². The smallest absolute Gasteiger partial charge is 0.259 e. The molecule has 0 radical (unpaired) electrons. The molecule has 8 heteroatoms. The Morgan fingerprint density at radius 2 is 2.06 bits per heavy atom. The molecule has 1 aliphatic heterocycles. The van der Waals surface area contributed by atoms with Crippen molar-refractivity contribution in [2.75, 3.05) is 33.9 Å². The van der Waals surface area contributed by atoms with E-state index in [0.717, 1.165) is 24.0 Å². The van der Waals surface area contributed by atoms with Crippen molar-refractivity contribution >= 4 is 11.8 Å². The van der Waals surface area contributed by atoms with Gasteiger partial charge in [0, 0.05) is 43.3 Å². The summed E-state index contributed by atoms with van der Waals surface area (Å²) in [6.07, 6.45) is 4.14. The number of amides is 2. The van der Waals surface area contributed by atoms with Crippen LogP contribution in [-0.2, 0) is 4.79 Å². The molecular weight excluding hydrogens is 446 g/mol. The van der Waals surface area contributed by atoms with Gasteiger partial charge < -0.3 is 24.4 Å². The second-order valence-electron chi connectivity index (χ2n) is 9.82. The number of aliphatic hydroxyl groups is 1. The third kappa shape index (κ3) is 5.59. The molecule has 2 amide bonds. The van der Waals surface area contributed by atoms with Gasteiger partial charge in [0.2, 0.25) is 11.8 Å². The summed E-state index contributed by atoms with van der Waals surface area (Å²) >= 11 is 0. The van der Waals surface area contributed by atoms with Gasteiger partial charge in [0.05, 0.1) is 26.3 Å². The van der Waals surface area contributed by atoms with E-state index in [-0.39, 0.29) is 42.4 Å². The van der Waals surface area contributed by atoms with Crippen molar-refractivity contribution in [3.8, 4) is 22.8 Å². The van der Waals surface area contributed by atoms with Gasteiger partial charge in [-0.2, -0.15) is 0 Å². The summed E-state index contributed by atoms with van der Waals surface area (Å²) in [4.78, 5) is 34.2. The maximum atomic E-state index is 13.6. The lowest BCUT2D eigenvalue weighted by Gasteiger charge is -2.37. The molecule has 35 heavy (non-hydrogen) atoms. The molecule has 2 heterocycles. The molecule has 1 saturated carbocycles. The molecule has 1 N–H and O–H groups in total. The molecule has 1 aromatic carbocycles. The van der Waals surface area contributed by atoms with Crippen molar-refractivity contribution in [1.29, 1.82) is 0 Å². The van der Waals surface area contributed by atoms with Gasteiger partial charge in [0.1, 0.15) is 17.4 Å². The SMILES string of the molecule is COc1ccccc1-c1cnc2c(c1)C(=O)N([C@@H](C)CO)C[C@@H](C)[C@H](CN(C)C(=O)CC1CC1)O2. The molecule has 3 atom stereocenters. The Labute approximate surface area is 206 Å². The fourth-order valence-electron chi connectivity index (χ4n) is 4.45. The van der Waals surface area contributed by atoms with Gasteiger partial charge in [-0.3, -0.25) is 9.59 Å². The standard InChI is InChI=1S/C27H35N3O5/c1-17-14-30(18(2)16-31)27(33)22-12-20(21-7-5-6-8-23(21)34-4)13-28-26(22)35-24(17)15-29(3)25(32)11-19-9-10-19/h5-8,12-13,17-19,24,31H,9-11,14-16H2,1-4H3/t17-,18+,24+/m1/s1. The molecule has 1 fully saturated rings. The van der Waals surface area contributed by atoms with Crippen LogP contribution in [0.1, 0.15) is 43.5 Å². The number of carbonyl (C=O) groups is 2. The van der Waals surface area contributed by atoms with Crippen molar-refractivity contribution in [3.63, 3.8) is 0 Å². The number of fused-ring (bicyclic) bond motifs is 1. The average molecular weight is 482 g/mol. The van der Waals surface area contributed by atoms with Crippen LogP contribution >= 0.6 is 0 Å². The third-order valence-corrected chi connectivity index (χ3v) is 6.98. The summed E-state index contributed by atoms with van der Waals surface area (Å²) in [7, 11) is 3.41. The van der Waals surface area contributed by atoms with E-state index >= 15 is 0 Å². The van der Waals surface area contributed by atoms with Crippen LogP contribution in [0.25, 0.3) is 11.1 Å². The highest BCUT2D eigenvalue weighted by Crippen LogP contribution is 2.35. The monoisotopic (exact) mass is 481 g/mol. The molecular formula is C27H35N3O5. The van der Waals surface area contributed by atoms with Gasteiger partial charge in [-0.25, -0.2) is 4.98 Å². The number of pyridine rings is 1. The fraction of sp³-hybridized carbons (Fsp3) is 0.519. The van der Waals surface area contributed by atoms with Crippen LogP contribution in [0.4, 0.5) is 0 Å². The number of hydrogen-bond donors (Lipinski definition) is 1. The normalized spacial score (nSPS) is 20.8. The van der Waals surface area contributed by atoms with E-state index in [0.29, 0.717) is 36.7 Å². The Hall–Kier alpha value is -3.13. The number of methoxy groups -OCH3 is 1. The van der Waals surface area contributed by atoms with Crippen LogP contribution in [0.3, 0.4) is 0 Å². The van der Waals surface area contributed by atoms with Gasteiger partial charge in [0.25, 0.3) is 5.91 Å². The van der Waals surface area contributed by atoms with Gasteiger partial charge in [0.15, 0.2) is 0 Å². The van der Waals surface area contributed by atoms with Crippen molar-refractivity contribution in [2.45, 2.75) is 45.3 Å². The summed E-state index contributed by atoms with van der Waals surface area (Å²) in [5, 5.41) is 9.87. The van der Waals surface area contributed by atoms with E-state index in [4.69, 9.17) is 9.47 Å². The Morgan fingerprint density at radius 3 is 2.74 bits per heavy atom. The summed E-state index contributed by atoms with van der Waals surface area (Å²) in [5.74, 6) is 1.22. The van der Waals surface area contributed by atoms with Crippen LogP contribution in [0.5, 0.6) is 11.6 Å². The number of rotatable bonds is 8. The first-order valence-electron chi connectivity index (χ1n) is 12.3. The van der Waals surface area contributed by atoms with Crippen LogP contribution < -0.4 is 9.47 Å². The molecule has 0 unspecified atom stereocenters. The Bertz CT molecular complexity index is 1070. The van der Waals surface area contributed by atoms with Crippen LogP contribution in [-0.4, -0.2) is 77.7 Å². The largest absolute Gasteiger partial charge is 0.496 e. The average Bonchev–Trinajstić information content (AvgIpc) is 3.69. The molecule has 0 saturated heterocycles. The zero-order valence-corrected chi connectivity index (χ0v) is 20.9. The number of ether oxygens (including phenoxy) is 2. The minimum Gasteiger partial charge on any atom is -0.496 e. The highest BCUT2D eigenvalue weighted by atomic mass is 16.5. The summed E-state index contributed by atoms with van der Waals surface area (Å²) in [5.41, 5.74) is 1.88. The number of aliphatic hydroxyl groups excluding tert-OH is 1. The lowest BCUT2D eigenvalue weighted by molar-refractivity contribution is -0.131. The van der Waals surface area contributed by atoms with E-state index in [1.807, 2.05) is 38.1 Å². The summed E-state index contributed by atoms with van der Waals surface area (Å²) in [6, 6.07) is 8.95. The highest BCUT2D eigenvalue weighted by Gasteiger charge is 2.35. The zero-order valence-electron chi connectivity index (χ0n) is 20.9. The minimum atomic E-state index is -0.374. The van der Waals surface area contributed by atoms with Crippen molar-refractivity contribution in [2.24, 2.45) is 11.8 Å². The zero-order chi connectivity index (χ0) is 25.1. The fourth-order valence-corrected chi connectivity index (χ4v) is 4.45. The molecule has 2 aromatic rings. The number of aromatic nitrogens is 1. The summed E-state index contributed by atoms with van der Waals surface area (Å²) in [6.45, 7) is 4.47. The Kier molecular flexibility index (Phi) is 7.60. The quantitative estimate of drug-likeness (QED) is 0.622. The van der Waals surface area contributed by atoms with Gasteiger partial charge in [-0.05, 0) is 37.8 Å². The number of hydrogen-bond acceptors (Lipinski definition) is 6. The topological polar surface area (TPSA) is 92.2 Å². The van der Waals surface area contributed by atoms with E-state index in [2.05, 4.69) is 4.98 Å². The molecule has 1 aromatic heterocycles. The number of para-hydroxylation sites is 1. The predicted molar refractivity (Wildman–Crippen MR) is 132 cm³/mol. The van der Waals surface area contributed by atoms with E-state index in [1.165, 1.54) is 0 Å². The highest BCUT2D eigenvalue weighted by molar-refractivity contribution is 5.98. The lowest BCUT2D eigenvalue weighted by atomic mass is 9.99. The molecule has 0 bridgehead atoms. The Balaban J connectivity index is 1.68. The first-order valence-corrected chi connectivity index (χ1v) is 12.3. The van der Waals surface area contributed by atoms with Crippen LogP contribution in [0, 0.1) is 11.8 Å². The van der Waals surface area contributed by atoms with Gasteiger partial charge in [-0.15, -0.1) is 0 Å². The molecule has 188 valence electrons. The van der Waals surface area contributed by atoms with Crippen LogP contribution in [0.2, 0.25) is 0 Å².